The van der Waals surface area contributed by atoms with Crippen LogP contribution in [0.25, 0.3) is 99.7 Å². The van der Waals surface area contributed by atoms with Gasteiger partial charge in [-0.1, -0.05) is 174 Å². The second-order valence-electron chi connectivity index (χ2n) is 19.7. The van der Waals surface area contributed by atoms with E-state index in [1.165, 1.54) is 86.5 Å². The minimum absolute atomic E-state index is 0.163. The number of hydrogen-bond donors (Lipinski definition) is 5. The topological polar surface area (TPSA) is 101 Å². The van der Waals surface area contributed by atoms with Crippen LogP contribution in [-0.4, -0.2) is 25.5 Å². The lowest BCUT2D eigenvalue weighted by atomic mass is 9.76. The third-order valence-corrected chi connectivity index (χ3v) is 15.4. The van der Waals surface area contributed by atoms with Gasteiger partial charge in [-0.05, 0) is 166 Å². The Morgan fingerprint density at radius 1 is 0.522 bits per heavy atom. The highest BCUT2D eigenvalue weighted by Gasteiger charge is 2.29. The number of aromatic hydroxyl groups is 5. The maximum Gasteiger partial charge on any atom is 0.208 e. The van der Waals surface area contributed by atoms with Gasteiger partial charge in [0.05, 0.1) is 5.56 Å². The molecule has 0 radical (unpaired) electrons. The van der Waals surface area contributed by atoms with Crippen molar-refractivity contribution in [2.75, 3.05) is 0 Å². The van der Waals surface area contributed by atoms with Crippen molar-refractivity contribution >= 4 is 55.2 Å². The highest BCUT2D eigenvalue weighted by Crippen LogP contribution is 2.58. The second kappa shape index (κ2) is 17.5. The molecule has 0 spiro atoms. The molecule has 5 nitrogen and oxygen atoms in total. The average Bonchev–Trinajstić information content (AvgIpc) is 3.37. The Morgan fingerprint density at radius 3 is 1.74 bits per heavy atom. The van der Waals surface area contributed by atoms with E-state index in [2.05, 4.69) is 125 Å². The van der Waals surface area contributed by atoms with E-state index in [0.29, 0.717) is 34.1 Å². The fraction of sp³-hybridized carbons (Fsp3) is 0.219. The maximum atomic E-state index is 11.2. The molecule has 3 unspecified atom stereocenters. The summed E-state index contributed by atoms with van der Waals surface area (Å²) in [5, 5.41) is 62.0. The predicted octanol–water partition coefficient (Wildman–Crippen LogP) is 17.3. The molecule has 9 aromatic carbocycles. The Morgan fingerprint density at radius 2 is 1.10 bits per heavy atom. The Kier molecular flexibility index (Phi) is 11.2. The highest BCUT2D eigenvalue weighted by molar-refractivity contribution is 6.23. The molecule has 0 bridgehead atoms. The van der Waals surface area contributed by atoms with Crippen LogP contribution >= 0.6 is 0 Å². The predicted molar refractivity (Wildman–Crippen MR) is 288 cm³/mol. The number of phenols is 5. The largest absolute Gasteiger partial charge is 0.504 e. The fourth-order valence-electron chi connectivity index (χ4n) is 11.8. The van der Waals surface area contributed by atoms with Gasteiger partial charge in [0.15, 0.2) is 11.5 Å². The molecule has 9 aromatic rings. The van der Waals surface area contributed by atoms with Crippen LogP contribution in [-0.2, 0) is 6.42 Å². The molecule has 3 atom stereocenters. The van der Waals surface area contributed by atoms with Crippen molar-refractivity contribution in [2.45, 2.75) is 84.5 Å². The summed E-state index contributed by atoms with van der Waals surface area (Å²) in [6.07, 6.45) is 17.5. The third kappa shape index (κ3) is 7.29. The molecule has 2 aliphatic carbocycles. The van der Waals surface area contributed by atoms with E-state index in [1.807, 2.05) is 48.5 Å². The number of fused-ring (bicyclic) bond motifs is 6. The van der Waals surface area contributed by atoms with Crippen LogP contribution in [0, 0.1) is 5.92 Å². The Labute approximate surface area is 404 Å². The molecule has 0 heterocycles. The van der Waals surface area contributed by atoms with E-state index in [1.54, 1.807) is 0 Å². The van der Waals surface area contributed by atoms with Gasteiger partial charge in [-0.2, -0.15) is 0 Å². The van der Waals surface area contributed by atoms with Gasteiger partial charge >= 0.3 is 0 Å². The summed E-state index contributed by atoms with van der Waals surface area (Å²) < 4.78 is 0. The van der Waals surface area contributed by atoms with E-state index < -0.39 is 28.7 Å². The normalized spacial score (nSPS) is 15.8. The van der Waals surface area contributed by atoms with E-state index >= 15 is 0 Å². The van der Waals surface area contributed by atoms with Crippen molar-refractivity contribution in [3.63, 3.8) is 0 Å². The number of allylic oxidation sites excluding steroid dienone is 2. The zero-order chi connectivity index (χ0) is 47.7. The summed E-state index contributed by atoms with van der Waals surface area (Å²) in [7, 11) is 0. The van der Waals surface area contributed by atoms with Crippen LogP contribution in [0.15, 0.2) is 133 Å². The number of benzene rings is 9. The lowest BCUT2D eigenvalue weighted by molar-refractivity contribution is 0.330. The lowest BCUT2D eigenvalue weighted by Crippen LogP contribution is -2.09. The van der Waals surface area contributed by atoms with Crippen molar-refractivity contribution < 1.29 is 25.5 Å². The summed E-state index contributed by atoms with van der Waals surface area (Å²) in [5.74, 6) is -2.84. The van der Waals surface area contributed by atoms with Gasteiger partial charge < -0.3 is 25.5 Å². The molecule has 2 aliphatic rings. The van der Waals surface area contributed by atoms with Gasteiger partial charge in [-0.3, -0.25) is 0 Å². The molecule has 5 N–H and O–H groups in total. The number of unbranched alkanes of at least 4 members (excludes halogenated alkanes) is 2. The van der Waals surface area contributed by atoms with Gasteiger partial charge in [0, 0.05) is 5.56 Å². The van der Waals surface area contributed by atoms with Gasteiger partial charge in [-0.25, -0.2) is 0 Å². The molecule has 0 aromatic heterocycles. The summed E-state index contributed by atoms with van der Waals surface area (Å²) in [6, 6.07) is 43.7. The summed E-state index contributed by atoms with van der Waals surface area (Å²) >= 11 is 0. The zero-order valence-electron chi connectivity index (χ0n) is 39.8. The maximum absolute atomic E-state index is 11.2. The Balaban J connectivity index is 1.11. The minimum atomic E-state index is -0.986. The SMILES string of the molecule is CCCCCC(CC)c1ccc2c(-c3ccc4c(c3)C=CCC4C)c3c(c(-c4ccc5cc(-c6c7ccccc7c(-c7c(O)c(O)c(O)c(O)c7O)c7ccccc67)ccc5c4)c2c1)CC(C)C=C3. The van der Waals surface area contributed by atoms with Crippen molar-refractivity contribution in [3.05, 3.63) is 161 Å². The van der Waals surface area contributed by atoms with Gasteiger partial charge in [0.25, 0.3) is 0 Å². The molecule has 0 fully saturated rings. The molecule has 5 heteroatoms. The molecule has 0 amide bonds. The van der Waals surface area contributed by atoms with Gasteiger partial charge in [0.1, 0.15) is 0 Å². The third-order valence-electron chi connectivity index (χ3n) is 15.4. The van der Waals surface area contributed by atoms with E-state index in [9.17, 15) is 25.5 Å². The van der Waals surface area contributed by atoms with Gasteiger partial charge in [0.2, 0.25) is 17.2 Å². The first-order valence-corrected chi connectivity index (χ1v) is 24.8. The number of rotatable bonds is 10. The Bertz CT molecular complexity index is 3530. The smallest absolute Gasteiger partial charge is 0.208 e. The minimum Gasteiger partial charge on any atom is -0.504 e. The van der Waals surface area contributed by atoms with E-state index in [-0.39, 0.29) is 5.56 Å². The highest BCUT2D eigenvalue weighted by atomic mass is 16.4. The van der Waals surface area contributed by atoms with Crippen LogP contribution < -0.4 is 0 Å². The first-order valence-electron chi connectivity index (χ1n) is 24.8. The van der Waals surface area contributed by atoms with Crippen molar-refractivity contribution in [1.29, 1.82) is 0 Å². The van der Waals surface area contributed by atoms with Crippen molar-refractivity contribution in [1.82, 2.24) is 0 Å². The molecular formula is C64H58O5. The Hall–Kier alpha value is -7.50. The summed E-state index contributed by atoms with van der Waals surface area (Å²) in [4.78, 5) is 0. The number of phenolic OH excluding ortho intramolecular Hbond substituents is 5. The summed E-state index contributed by atoms with van der Waals surface area (Å²) in [6.45, 7) is 9.29. The molecule has 0 saturated heterocycles. The van der Waals surface area contributed by atoms with Crippen LogP contribution in [0.5, 0.6) is 28.7 Å². The molecule has 69 heavy (non-hydrogen) atoms. The molecule has 0 saturated carbocycles. The van der Waals surface area contributed by atoms with Crippen molar-refractivity contribution in [3.8, 4) is 73.3 Å². The molecule has 0 aliphatic heterocycles. The lowest BCUT2D eigenvalue weighted by Gasteiger charge is -2.27. The van der Waals surface area contributed by atoms with E-state index in [4.69, 9.17) is 0 Å². The summed E-state index contributed by atoms with van der Waals surface area (Å²) in [5.41, 5.74) is 14.3. The van der Waals surface area contributed by atoms with E-state index in [0.717, 1.165) is 51.9 Å². The fourth-order valence-corrected chi connectivity index (χ4v) is 11.8. The van der Waals surface area contributed by atoms with Crippen LogP contribution in [0.3, 0.4) is 0 Å². The first kappa shape index (κ1) is 44.0. The van der Waals surface area contributed by atoms with Crippen molar-refractivity contribution in [2.24, 2.45) is 5.92 Å². The van der Waals surface area contributed by atoms with Crippen LogP contribution in [0.4, 0.5) is 0 Å². The second-order valence-corrected chi connectivity index (χ2v) is 19.7. The molecule has 344 valence electrons. The standard InChI is InChI=1S/C64H58O5/c1-5-7-8-15-38(6-2)41-26-30-52-54(35-41)57(53-31-36(3)21-28-51(53)56(52)45-27-29-46-37(4)14-13-16-42(46)34-45)44-25-23-39-32-43(24-22-40(39)33-44)55-47-17-9-11-19-49(47)58(50-20-12-10-18-48(50)55)59-60(65)62(67)64(69)63(68)61(59)66/h9-13,16-30,32-38,65-69H,5-8,14-15,31H2,1-4H3. The molecular weight excluding hydrogens is 849 g/mol. The van der Waals surface area contributed by atoms with Crippen LogP contribution in [0.1, 0.15) is 106 Å². The monoisotopic (exact) mass is 906 g/mol. The molecule has 11 rings (SSSR count). The first-order chi connectivity index (χ1) is 33.6. The average molecular weight is 907 g/mol. The zero-order valence-corrected chi connectivity index (χ0v) is 39.8. The quantitative estimate of drug-likeness (QED) is 0.0407. The van der Waals surface area contributed by atoms with Gasteiger partial charge in [-0.15, -0.1) is 0 Å². The van der Waals surface area contributed by atoms with Crippen LogP contribution in [0.2, 0.25) is 0 Å². The number of hydrogen-bond acceptors (Lipinski definition) is 5.